The van der Waals surface area contributed by atoms with Gasteiger partial charge in [0.15, 0.2) is 0 Å². The fourth-order valence-corrected chi connectivity index (χ4v) is 3.12. The predicted octanol–water partition coefficient (Wildman–Crippen LogP) is 2.70. The van der Waals surface area contributed by atoms with Crippen LogP contribution in [0.25, 0.3) is 11.3 Å². The van der Waals surface area contributed by atoms with E-state index in [1.54, 1.807) is 11.3 Å². The molecule has 1 fully saturated rings. The molecule has 0 saturated carbocycles. The minimum Gasteiger partial charge on any atom is -0.375 e. The van der Waals surface area contributed by atoms with Crippen LogP contribution in [0.1, 0.15) is 29.3 Å². The van der Waals surface area contributed by atoms with E-state index in [-0.39, 0.29) is 18.1 Å². The molecule has 0 unspecified atom stereocenters. The molecule has 1 aliphatic rings. The van der Waals surface area contributed by atoms with Gasteiger partial charge in [-0.15, -0.1) is 11.3 Å². The number of nitrogens with one attached hydrogen (secondary N) is 1. The Labute approximate surface area is 128 Å². The zero-order valence-electron chi connectivity index (χ0n) is 12.4. The Morgan fingerprint density at radius 2 is 2.33 bits per heavy atom. The number of nitrogens with zero attached hydrogens (tertiary/aromatic N) is 2. The first-order valence-electron chi connectivity index (χ1n) is 7.08. The Hall–Kier alpha value is -1.66. The summed E-state index contributed by atoms with van der Waals surface area (Å²) >= 11 is 1.61. The van der Waals surface area contributed by atoms with Gasteiger partial charge in [0.2, 0.25) is 0 Å². The summed E-state index contributed by atoms with van der Waals surface area (Å²) in [7, 11) is 0. The minimum absolute atomic E-state index is 0.0239. The Morgan fingerprint density at radius 3 is 3.05 bits per heavy atom. The van der Waals surface area contributed by atoms with Gasteiger partial charge in [-0.25, -0.2) is 4.98 Å². The van der Waals surface area contributed by atoms with Gasteiger partial charge in [-0.1, -0.05) is 0 Å². The first-order valence-corrected chi connectivity index (χ1v) is 7.96. The molecule has 3 heterocycles. The zero-order valence-corrected chi connectivity index (χ0v) is 13.2. The lowest BCUT2D eigenvalue weighted by Crippen LogP contribution is -2.50. The first kappa shape index (κ1) is 14.3. The number of amides is 1. The number of carbonyl (C=O) groups is 1. The van der Waals surface area contributed by atoms with E-state index in [2.05, 4.69) is 9.97 Å². The van der Waals surface area contributed by atoms with Crippen molar-refractivity contribution in [1.29, 1.82) is 0 Å². The summed E-state index contributed by atoms with van der Waals surface area (Å²) in [6.07, 6.45) is 1.93. The van der Waals surface area contributed by atoms with Crippen LogP contribution in [0.15, 0.2) is 17.6 Å². The highest BCUT2D eigenvalue weighted by Crippen LogP contribution is 2.23. The van der Waals surface area contributed by atoms with Crippen molar-refractivity contribution in [2.24, 2.45) is 0 Å². The average molecular weight is 305 g/mol. The van der Waals surface area contributed by atoms with Gasteiger partial charge < -0.3 is 14.6 Å². The number of carbonyl (C=O) groups excluding carboxylic acids is 1. The number of rotatable bonds is 2. The van der Waals surface area contributed by atoms with E-state index in [0.717, 1.165) is 16.3 Å². The van der Waals surface area contributed by atoms with Crippen molar-refractivity contribution in [2.45, 2.75) is 32.9 Å². The monoisotopic (exact) mass is 305 g/mol. The molecular formula is C15H19N3O2S. The smallest absolute Gasteiger partial charge is 0.270 e. The van der Waals surface area contributed by atoms with E-state index in [0.29, 0.717) is 18.8 Å². The van der Waals surface area contributed by atoms with Gasteiger partial charge in [-0.2, -0.15) is 0 Å². The maximum Gasteiger partial charge on any atom is 0.270 e. The standard InChI is InChI=1S/C15H19N3O2S/c1-9-7-20-10(2)6-18(9)15(19)13-4-12(5-16-13)14-8-21-11(3)17-14/h4-5,8-10,16H,6-7H2,1-3H3/t9-,10-/m1/s1. The number of aromatic amines is 1. The number of aromatic nitrogens is 2. The second-order valence-corrected chi connectivity index (χ2v) is 6.57. The number of aryl methyl sites for hydroxylation is 1. The fraction of sp³-hybridized carbons (Fsp3) is 0.467. The second-order valence-electron chi connectivity index (χ2n) is 5.50. The summed E-state index contributed by atoms with van der Waals surface area (Å²) in [5, 5.41) is 3.03. The lowest BCUT2D eigenvalue weighted by Gasteiger charge is -2.36. The zero-order chi connectivity index (χ0) is 15.0. The van der Waals surface area contributed by atoms with Gasteiger partial charge in [-0.3, -0.25) is 4.79 Å². The lowest BCUT2D eigenvalue weighted by atomic mass is 10.2. The highest BCUT2D eigenvalue weighted by Gasteiger charge is 2.29. The molecule has 5 nitrogen and oxygen atoms in total. The van der Waals surface area contributed by atoms with Crippen molar-refractivity contribution in [1.82, 2.24) is 14.9 Å². The molecule has 2 atom stereocenters. The van der Waals surface area contributed by atoms with Crippen molar-refractivity contribution >= 4 is 17.2 Å². The van der Waals surface area contributed by atoms with Crippen molar-refractivity contribution in [3.8, 4) is 11.3 Å². The van der Waals surface area contributed by atoms with Gasteiger partial charge in [0, 0.05) is 23.7 Å². The number of H-pyrrole nitrogens is 1. The third kappa shape index (κ3) is 2.87. The number of morpholine rings is 1. The number of hydrogen-bond donors (Lipinski definition) is 1. The molecule has 112 valence electrons. The molecule has 2 aromatic rings. The summed E-state index contributed by atoms with van der Waals surface area (Å²) in [4.78, 5) is 22.0. The topological polar surface area (TPSA) is 58.2 Å². The van der Waals surface area contributed by atoms with E-state index in [1.165, 1.54) is 0 Å². The molecule has 1 N–H and O–H groups in total. The molecular weight excluding hydrogens is 286 g/mol. The van der Waals surface area contributed by atoms with Gasteiger partial charge >= 0.3 is 0 Å². The molecule has 0 aliphatic carbocycles. The molecule has 3 rings (SSSR count). The molecule has 2 aromatic heterocycles. The summed E-state index contributed by atoms with van der Waals surface area (Å²) in [6.45, 7) is 7.20. The summed E-state index contributed by atoms with van der Waals surface area (Å²) < 4.78 is 5.57. The molecule has 0 radical (unpaired) electrons. The van der Waals surface area contributed by atoms with E-state index < -0.39 is 0 Å². The van der Waals surface area contributed by atoms with Crippen LogP contribution in [0, 0.1) is 6.92 Å². The Kier molecular flexibility index (Phi) is 3.82. The summed E-state index contributed by atoms with van der Waals surface area (Å²) in [6, 6.07) is 1.98. The maximum absolute atomic E-state index is 12.6. The molecule has 0 bridgehead atoms. The van der Waals surface area contributed by atoms with Crippen LogP contribution in [-0.2, 0) is 4.74 Å². The maximum atomic E-state index is 12.6. The third-order valence-electron chi connectivity index (χ3n) is 3.70. The highest BCUT2D eigenvalue weighted by atomic mass is 32.1. The van der Waals surface area contributed by atoms with Crippen LogP contribution in [0.2, 0.25) is 0 Å². The Morgan fingerprint density at radius 1 is 1.52 bits per heavy atom. The van der Waals surface area contributed by atoms with Crippen LogP contribution < -0.4 is 0 Å². The molecule has 1 aliphatic heterocycles. The SMILES string of the molecule is Cc1nc(-c2c[nH]c(C(=O)N3C[C@@H](C)OC[C@H]3C)c2)cs1. The quantitative estimate of drug-likeness (QED) is 0.928. The molecule has 1 saturated heterocycles. The average Bonchev–Trinajstić information content (AvgIpc) is 3.09. The van der Waals surface area contributed by atoms with Gasteiger partial charge in [0.05, 0.1) is 29.5 Å². The molecule has 21 heavy (non-hydrogen) atoms. The second kappa shape index (κ2) is 5.61. The van der Waals surface area contributed by atoms with Crippen LogP contribution in [0.3, 0.4) is 0 Å². The predicted molar refractivity (Wildman–Crippen MR) is 82.6 cm³/mol. The van der Waals surface area contributed by atoms with Gasteiger partial charge in [-0.05, 0) is 26.8 Å². The van der Waals surface area contributed by atoms with Gasteiger partial charge in [0.25, 0.3) is 5.91 Å². The first-order chi connectivity index (χ1) is 10.0. The van der Waals surface area contributed by atoms with E-state index >= 15 is 0 Å². The van der Waals surface area contributed by atoms with E-state index in [9.17, 15) is 4.79 Å². The molecule has 0 spiro atoms. The van der Waals surface area contributed by atoms with Crippen LogP contribution >= 0.6 is 11.3 Å². The lowest BCUT2D eigenvalue weighted by molar-refractivity contribution is -0.0388. The van der Waals surface area contributed by atoms with Crippen LogP contribution in [-0.4, -0.2) is 46.1 Å². The van der Waals surface area contributed by atoms with Crippen molar-refractivity contribution in [3.63, 3.8) is 0 Å². The number of thiazole rings is 1. The normalized spacial score (nSPS) is 22.5. The highest BCUT2D eigenvalue weighted by molar-refractivity contribution is 7.09. The minimum atomic E-state index is 0.0239. The summed E-state index contributed by atoms with van der Waals surface area (Å²) in [5.41, 5.74) is 2.48. The Bertz CT molecular complexity index is 649. The fourth-order valence-electron chi connectivity index (χ4n) is 2.50. The van der Waals surface area contributed by atoms with Crippen molar-refractivity contribution < 1.29 is 9.53 Å². The van der Waals surface area contributed by atoms with Crippen LogP contribution in [0.4, 0.5) is 0 Å². The molecule has 0 aromatic carbocycles. The number of ether oxygens (including phenoxy) is 1. The van der Waals surface area contributed by atoms with Crippen molar-refractivity contribution in [2.75, 3.05) is 13.2 Å². The van der Waals surface area contributed by atoms with Crippen LogP contribution in [0.5, 0.6) is 0 Å². The van der Waals surface area contributed by atoms with E-state index in [4.69, 9.17) is 4.74 Å². The number of hydrogen-bond acceptors (Lipinski definition) is 4. The molecule has 6 heteroatoms. The molecule has 1 amide bonds. The Balaban J connectivity index is 1.80. The van der Waals surface area contributed by atoms with Gasteiger partial charge in [0.1, 0.15) is 5.69 Å². The third-order valence-corrected chi connectivity index (χ3v) is 4.47. The largest absolute Gasteiger partial charge is 0.375 e. The van der Waals surface area contributed by atoms with Crippen molar-refractivity contribution in [3.05, 3.63) is 28.3 Å². The van der Waals surface area contributed by atoms with E-state index in [1.807, 2.05) is 43.3 Å². The summed E-state index contributed by atoms with van der Waals surface area (Å²) in [5.74, 6) is 0.0239.